The van der Waals surface area contributed by atoms with Crippen molar-refractivity contribution in [3.63, 3.8) is 0 Å². The Kier molecular flexibility index (Phi) is 5.26. The number of benzene rings is 2. The number of carbonyl (C=O) groups excluding carboxylic acids is 2. The van der Waals surface area contributed by atoms with E-state index in [0.29, 0.717) is 10.6 Å². The van der Waals surface area contributed by atoms with Gasteiger partial charge in [-0.3, -0.25) is 4.79 Å². The highest BCUT2D eigenvalue weighted by atomic mass is 32.1. The van der Waals surface area contributed by atoms with Crippen molar-refractivity contribution in [1.82, 2.24) is 0 Å². The lowest BCUT2D eigenvalue weighted by atomic mass is 10.1. The molecule has 0 fully saturated rings. The molecule has 0 bridgehead atoms. The van der Waals surface area contributed by atoms with E-state index < -0.39 is 5.97 Å². The van der Waals surface area contributed by atoms with Crippen LogP contribution >= 0.6 is 11.3 Å². The van der Waals surface area contributed by atoms with Gasteiger partial charge in [-0.05, 0) is 47.2 Å². The fourth-order valence-corrected chi connectivity index (χ4v) is 3.17. The summed E-state index contributed by atoms with van der Waals surface area (Å²) in [6, 6.07) is 19.4. The maximum atomic E-state index is 11.9. The van der Waals surface area contributed by atoms with Gasteiger partial charge in [0.1, 0.15) is 4.88 Å². The molecule has 0 unspecified atom stereocenters. The molecule has 0 radical (unpaired) electrons. The van der Waals surface area contributed by atoms with Gasteiger partial charge in [-0.15, -0.1) is 11.3 Å². The third-order valence-corrected chi connectivity index (χ3v) is 4.65. The first-order valence-electron chi connectivity index (χ1n) is 7.80. The number of aryl methyl sites for hydroxylation is 1. The summed E-state index contributed by atoms with van der Waals surface area (Å²) in [5.41, 5.74) is 3.69. The Hall–Kier alpha value is -2.92. The van der Waals surface area contributed by atoms with Crippen LogP contribution in [-0.2, 0) is 9.53 Å². The van der Waals surface area contributed by atoms with E-state index in [1.54, 1.807) is 0 Å². The highest BCUT2D eigenvalue weighted by Crippen LogP contribution is 2.21. The standard InChI is InChI=1S/C20H17NO3S/c1-14-11-12-25-19(14)20(23)24-13-18(22)21-17-9-7-16(8-10-17)15-5-3-2-4-6-15/h2-12H,13H2,1H3,(H,21,22). The van der Waals surface area contributed by atoms with Crippen LogP contribution in [0.15, 0.2) is 66.0 Å². The van der Waals surface area contributed by atoms with Crippen molar-refractivity contribution in [3.05, 3.63) is 76.5 Å². The number of hydrogen-bond acceptors (Lipinski definition) is 4. The number of carbonyl (C=O) groups is 2. The third-order valence-electron chi connectivity index (χ3n) is 3.66. The summed E-state index contributed by atoms with van der Waals surface area (Å²) in [7, 11) is 0. The van der Waals surface area contributed by atoms with Gasteiger partial charge in [0, 0.05) is 5.69 Å². The largest absolute Gasteiger partial charge is 0.451 e. The van der Waals surface area contributed by atoms with Crippen LogP contribution in [0.3, 0.4) is 0 Å². The first-order chi connectivity index (χ1) is 12.1. The number of nitrogens with one attached hydrogen (secondary N) is 1. The van der Waals surface area contributed by atoms with Gasteiger partial charge in [0.2, 0.25) is 0 Å². The maximum Gasteiger partial charge on any atom is 0.349 e. The molecule has 1 aromatic heterocycles. The number of amides is 1. The molecule has 3 rings (SSSR count). The normalized spacial score (nSPS) is 10.3. The van der Waals surface area contributed by atoms with Crippen molar-refractivity contribution in [1.29, 1.82) is 0 Å². The molecule has 0 atom stereocenters. The van der Waals surface area contributed by atoms with Crippen LogP contribution in [0.2, 0.25) is 0 Å². The number of esters is 1. The first kappa shape index (κ1) is 16.9. The smallest absolute Gasteiger partial charge is 0.349 e. The quantitative estimate of drug-likeness (QED) is 0.688. The van der Waals surface area contributed by atoms with E-state index in [2.05, 4.69) is 5.32 Å². The minimum atomic E-state index is -0.470. The highest BCUT2D eigenvalue weighted by molar-refractivity contribution is 7.12. The topological polar surface area (TPSA) is 55.4 Å². The molecule has 1 amide bonds. The van der Waals surface area contributed by atoms with E-state index in [0.717, 1.165) is 16.7 Å². The van der Waals surface area contributed by atoms with Gasteiger partial charge in [0.25, 0.3) is 5.91 Å². The Balaban J connectivity index is 1.54. The molecule has 1 heterocycles. The molecule has 0 aliphatic carbocycles. The molecule has 0 aliphatic heterocycles. The van der Waals surface area contributed by atoms with Gasteiger partial charge in [-0.2, -0.15) is 0 Å². The van der Waals surface area contributed by atoms with Crippen molar-refractivity contribution >= 4 is 28.9 Å². The van der Waals surface area contributed by atoms with E-state index in [9.17, 15) is 9.59 Å². The molecular weight excluding hydrogens is 334 g/mol. The zero-order valence-electron chi connectivity index (χ0n) is 13.7. The van der Waals surface area contributed by atoms with Crippen LogP contribution in [0.4, 0.5) is 5.69 Å². The van der Waals surface area contributed by atoms with Gasteiger partial charge in [0.05, 0.1) is 0 Å². The molecule has 0 spiro atoms. The molecule has 126 valence electrons. The molecule has 0 aliphatic rings. The van der Waals surface area contributed by atoms with Crippen LogP contribution in [0.5, 0.6) is 0 Å². The maximum absolute atomic E-state index is 11.9. The van der Waals surface area contributed by atoms with Crippen LogP contribution in [0.25, 0.3) is 11.1 Å². The first-order valence-corrected chi connectivity index (χ1v) is 8.68. The average Bonchev–Trinajstić information content (AvgIpc) is 3.07. The van der Waals surface area contributed by atoms with Crippen LogP contribution in [-0.4, -0.2) is 18.5 Å². The predicted octanol–water partition coefficient (Wildman–Crippen LogP) is 4.52. The molecule has 0 saturated carbocycles. The molecular formula is C20H17NO3S. The van der Waals surface area contributed by atoms with Crippen molar-refractivity contribution in [2.24, 2.45) is 0 Å². The van der Waals surface area contributed by atoms with Gasteiger partial charge < -0.3 is 10.1 Å². The monoisotopic (exact) mass is 351 g/mol. The van der Waals surface area contributed by atoms with Gasteiger partial charge >= 0.3 is 5.97 Å². The van der Waals surface area contributed by atoms with E-state index in [-0.39, 0.29) is 12.5 Å². The molecule has 2 aromatic carbocycles. The predicted molar refractivity (Wildman–Crippen MR) is 99.8 cm³/mol. The minimum absolute atomic E-state index is 0.309. The zero-order chi connectivity index (χ0) is 17.6. The van der Waals surface area contributed by atoms with Crippen molar-refractivity contribution in [2.75, 3.05) is 11.9 Å². The van der Waals surface area contributed by atoms with Gasteiger partial charge in [-0.1, -0.05) is 42.5 Å². The Morgan fingerprint density at radius 3 is 2.28 bits per heavy atom. The second-order valence-corrected chi connectivity index (χ2v) is 6.42. The highest BCUT2D eigenvalue weighted by Gasteiger charge is 2.14. The second kappa shape index (κ2) is 7.77. The summed E-state index contributed by atoms with van der Waals surface area (Å²) < 4.78 is 5.05. The van der Waals surface area contributed by atoms with Crippen molar-refractivity contribution in [2.45, 2.75) is 6.92 Å². The lowest BCUT2D eigenvalue weighted by Crippen LogP contribution is -2.20. The van der Waals surface area contributed by atoms with E-state index in [1.165, 1.54) is 11.3 Å². The van der Waals surface area contributed by atoms with Crippen molar-refractivity contribution < 1.29 is 14.3 Å². The summed E-state index contributed by atoms with van der Waals surface area (Å²) in [6.07, 6.45) is 0. The fourth-order valence-electron chi connectivity index (χ4n) is 2.35. The molecule has 1 N–H and O–H groups in total. The lowest BCUT2D eigenvalue weighted by Gasteiger charge is -2.07. The summed E-state index contributed by atoms with van der Waals surface area (Å²) in [6.45, 7) is 1.53. The average molecular weight is 351 g/mol. The van der Waals surface area contributed by atoms with E-state index >= 15 is 0 Å². The van der Waals surface area contributed by atoms with Gasteiger partial charge in [0.15, 0.2) is 6.61 Å². The SMILES string of the molecule is Cc1ccsc1C(=O)OCC(=O)Nc1ccc(-c2ccccc2)cc1. The third kappa shape index (κ3) is 4.33. The Morgan fingerprint density at radius 2 is 1.64 bits per heavy atom. The molecule has 3 aromatic rings. The summed E-state index contributed by atoms with van der Waals surface area (Å²) >= 11 is 1.31. The van der Waals surface area contributed by atoms with Crippen LogP contribution in [0, 0.1) is 6.92 Å². The van der Waals surface area contributed by atoms with Gasteiger partial charge in [-0.25, -0.2) is 4.79 Å². The number of anilines is 1. The molecule has 25 heavy (non-hydrogen) atoms. The molecule has 5 heteroatoms. The van der Waals surface area contributed by atoms with Crippen molar-refractivity contribution in [3.8, 4) is 11.1 Å². The Bertz CT molecular complexity index is 869. The summed E-state index contributed by atoms with van der Waals surface area (Å²) in [4.78, 5) is 24.4. The summed E-state index contributed by atoms with van der Waals surface area (Å²) in [5.74, 6) is -0.836. The number of thiophene rings is 1. The fraction of sp³-hybridized carbons (Fsp3) is 0.100. The Morgan fingerprint density at radius 1 is 0.960 bits per heavy atom. The minimum Gasteiger partial charge on any atom is -0.451 e. The zero-order valence-corrected chi connectivity index (χ0v) is 14.5. The number of hydrogen-bond donors (Lipinski definition) is 1. The summed E-state index contributed by atoms with van der Waals surface area (Å²) in [5, 5.41) is 4.54. The lowest BCUT2D eigenvalue weighted by molar-refractivity contribution is -0.119. The molecule has 4 nitrogen and oxygen atoms in total. The number of rotatable bonds is 5. The molecule has 0 saturated heterocycles. The van der Waals surface area contributed by atoms with Crippen LogP contribution < -0.4 is 5.32 Å². The second-order valence-electron chi connectivity index (χ2n) is 5.50. The number of ether oxygens (including phenoxy) is 1. The van der Waals surface area contributed by atoms with E-state index in [1.807, 2.05) is 73.0 Å². The Labute approximate surface area is 150 Å². The van der Waals surface area contributed by atoms with E-state index in [4.69, 9.17) is 4.74 Å². The van der Waals surface area contributed by atoms with Crippen LogP contribution in [0.1, 0.15) is 15.2 Å².